The van der Waals surface area contributed by atoms with Crippen LogP contribution in [0.25, 0.3) is 10.9 Å². The second-order valence-corrected chi connectivity index (χ2v) is 5.23. The van der Waals surface area contributed by atoms with E-state index in [2.05, 4.69) is 29.1 Å². The van der Waals surface area contributed by atoms with Crippen molar-refractivity contribution in [2.24, 2.45) is 0 Å². The Balaban J connectivity index is 2.05. The Kier molecular flexibility index (Phi) is 4.93. The summed E-state index contributed by atoms with van der Waals surface area (Å²) < 4.78 is 2.22. The molecule has 0 bridgehead atoms. The fourth-order valence-electron chi connectivity index (χ4n) is 2.12. The van der Waals surface area contributed by atoms with E-state index < -0.39 is 0 Å². The lowest BCUT2D eigenvalue weighted by Gasteiger charge is -2.06. The Hall–Kier alpha value is -0.700. The van der Waals surface area contributed by atoms with E-state index in [4.69, 9.17) is 23.2 Å². The van der Waals surface area contributed by atoms with Crippen LogP contribution in [0.5, 0.6) is 0 Å². The van der Waals surface area contributed by atoms with Gasteiger partial charge in [-0.1, -0.05) is 30.1 Å². The van der Waals surface area contributed by atoms with Gasteiger partial charge in [0.15, 0.2) is 0 Å². The van der Waals surface area contributed by atoms with E-state index in [1.165, 1.54) is 6.42 Å². The molecule has 2 rings (SSSR count). The van der Waals surface area contributed by atoms with Gasteiger partial charge in [0, 0.05) is 23.2 Å². The van der Waals surface area contributed by atoms with Crippen molar-refractivity contribution in [3.8, 4) is 0 Å². The largest absolute Gasteiger partial charge is 0.347 e. The molecule has 0 fully saturated rings. The Morgan fingerprint density at radius 3 is 2.83 bits per heavy atom. The molecule has 98 valence electrons. The van der Waals surface area contributed by atoms with Gasteiger partial charge in [0.25, 0.3) is 0 Å². The quantitative estimate of drug-likeness (QED) is 0.781. The molecule has 1 aromatic heterocycles. The van der Waals surface area contributed by atoms with Gasteiger partial charge in [-0.05, 0) is 44.1 Å². The first-order valence-electron chi connectivity index (χ1n) is 6.37. The van der Waals surface area contributed by atoms with Crippen molar-refractivity contribution in [2.45, 2.75) is 26.3 Å². The normalized spacial score (nSPS) is 11.3. The van der Waals surface area contributed by atoms with Crippen LogP contribution >= 0.6 is 23.2 Å². The SMILES string of the molecule is CCNCCCCn1ccc2c(Cl)cc(Cl)cc21. The molecule has 0 saturated heterocycles. The van der Waals surface area contributed by atoms with Crippen molar-refractivity contribution in [3.63, 3.8) is 0 Å². The smallest absolute Gasteiger partial charge is 0.0514 e. The zero-order valence-electron chi connectivity index (χ0n) is 10.5. The summed E-state index contributed by atoms with van der Waals surface area (Å²) in [6.45, 7) is 5.25. The van der Waals surface area contributed by atoms with E-state index >= 15 is 0 Å². The second-order valence-electron chi connectivity index (χ2n) is 4.39. The molecule has 0 atom stereocenters. The molecule has 0 aliphatic heterocycles. The van der Waals surface area contributed by atoms with Gasteiger partial charge in [0.2, 0.25) is 0 Å². The molecule has 18 heavy (non-hydrogen) atoms. The lowest BCUT2D eigenvalue weighted by atomic mass is 10.2. The average molecular weight is 285 g/mol. The van der Waals surface area contributed by atoms with Crippen LogP contribution in [0, 0.1) is 0 Å². The fraction of sp³-hybridized carbons (Fsp3) is 0.429. The number of rotatable bonds is 6. The van der Waals surface area contributed by atoms with E-state index in [1.807, 2.05) is 6.07 Å². The molecule has 1 aromatic carbocycles. The average Bonchev–Trinajstić information content (AvgIpc) is 2.72. The third-order valence-corrected chi connectivity index (χ3v) is 3.59. The molecule has 0 aliphatic rings. The van der Waals surface area contributed by atoms with Gasteiger partial charge in [0.05, 0.1) is 10.5 Å². The highest BCUT2D eigenvalue weighted by molar-refractivity contribution is 6.38. The molecule has 0 saturated carbocycles. The van der Waals surface area contributed by atoms with Crippen molar-refractivity contribution in [1.29, 1.82) is 0 Å². The summed E-state index contributed by atoms with van der Waals surface area (Å²) in [5.74, 6) is 0. The number of fused-ring (bicyclic) bond motifs is 1. The van der Waals surface area contributed by atoms with Gasteiger partial charge in [-0.15, -0.1) is 0 Å². The van der Waals surface area contributed by atoms with Gasteiger partial charge in [0.1, 0.15) is 0 Å². The minimum absolute atomic E-state index is 0.695. The van der Waals surface area contributed by atoms with Crippen molar-refractivity contribution < 1.29 is 0 Å². The number of unbranched alkanes of at least 4 members (excludes halogenated alkanes) is 1. The maximum Gasteiger partial charge on any atom is 0.0514 e. The third-order valence-electron chi connectivity index (χ3n) is 3.06. The van der Waals surface area contributed by atoms with Crippen LogP contribution < -0.4 is 5.32 Å². The van der Waals surface area contributed by atoms with Crippen molar-refractivity contribution >= 4 is 34.1 Å². The molecule has 1 N–H and O–H groups in total. The maximum atomic E-state index is 6.17. The number of hydrogen-bond donors (Lipinski definition) is 1. The summed E-state index contributed by atoms with van der Waals surface area (Å²) in [6, 6.07) is 5.83. The number of nitrogens with one attached hydrogen (secondary N) is 1. The van der Waals surface area contributed by atoms with E-state index in [9.17, 15) is 0 Å². The molecule has 0 radical (unpaired) electrons. The van der Waals surface area contributed by atoms with Crippen LogP contribution in [-0.2, 0) is 6.54 Å². The van der Waals surface area contributed by atoms with E-state index in [1.54, 1.807) is 6.07 Å². The van der Waals surface area contributed by atoms with Crippen molar-refractivity contribution in [3.05, 3.63) is 34.4 Å². The van der Waals surface area contributed by atoms with Crippen LogP contribution in [0.1, 0.15) is 19.8 Å². The van der Waals surface area contributed by atoms with Crippen LogP contribution in [-0.4, -0.2) is 17.7 Å². The summed E-state index contributed by atoms with van der Waals surface area (Å²) in [6.07, 6.45) is 4.42. The summed E-state index contributed by atoms with van der Waals surface area (Å²) in [5.41, 5.74) is 1.12. The number of hydrogen-bond acceptors (Lipinski definition) is 1. The number of benzene rings is 1. The van der Waals surface area contributed by atoms with E-state index in [-0.39, 0.29) is 0 Å². The molecule has 0 spiro atoms. The van der Waals surface area contributed by atoms with E-state index in [0.717, 1.165) is 42.0 Å². The van der Waals surface area contributed by atoms with Crippen LogP contribution in [0.3, 0.4) is 0 Å². The van der Waals surface area contributed by atoms with Crippen LogP contribution in [0.2, 0.25) is 10.0 Å². The number of halogens is 2. The zero-order chi connectivity index (χ0) is 13.0. The predicted octanol–water partition coefficient (Wildman–Crippen LogP) is 4.34. The first-order valence-corrected chi connectivity index (χ1v) is 7.12. The van der Waals surface area contributed by atoms with Crippen LogP contribution in [0.15, 0.2) is 24.4 Å². The summed E-state index contributed by atoms with van der Waals surface area (Å²) in [4.78, 5) is 0. The van der Waals surface area contributed by atoms with Gasteiger partial charge < -0.3 is 9.88 Å². The standard InChI is InChI=1S/C14H18Cl2N2/c1-2-17-6-3-4-7-18-8-5-12-13(16)9-11(15)10-14(12)18/h5,8-10,17H,2-4,6-7H2,1H3. The summed E-state index contributed by atoms with van der Waals surface area (Å²) in [7, 11) is 0. The van der Waals surface area contributed by atoms with Crippen LogP contribution in [0.4, 0.5) is 0 Å². The minimum atomic E-state index is 0.695. The lowest BCUT2D eigenvalue weighted by Crippen LogP contribution is -2.14. The fourth-order valence-corrected chi connectivity index (χ4v) is 2.67. The topological polar surface area (TPSA) is 17.0 Å². The molecular formula is C14H18Cl2N2. The Morgan fingerprint density at radius 1 is 1.22 bits per heavy atom. The van der Waals surface area contributed by atoms with Crippen molar-refractivity contribution in [2.75, 3.05) is 13.1 Å². The molecule has 4 heteroatoms. The van der Waals surface area contributed by atoms with Gasteiger partial charge in [-0.3, -0.25) is 0 Å². The molecule has 2 aromatic rings. The zero-order valence-corrected chi connectivity index (χ0v) is 12.1. The summed E-state index contributed by atoms with van der Waals surface area (Å²) >= 11 is 12.2. The first kappa shape index (κ1) is 13.7. The predicted molar refractivity (Wildman–Crippen MR) is 79.7 cm³/mol. The third kappa shape index (κ3) is 3.19. The molecule has 2 nitrogen and oxygen atoms in total. The van der Waals surface area contributed by atoms with Gasteiger partial charge >= 0.3 is 0 Å². The summed E-state index contributed by atoms with van der Waals surface area (Å²) in [5, 5.41) is 5.83. The highest BCUT2D eigenvalue weighted by Crippen LogP contribution is 2.28. The van der Waals surface area contributed by atoms with Gasteiger partial charge in [-0.2, -0.15) is 0 Å². The molecule has 0 aliphatic carbocycles. The maximum absolute atomic E-state index is 6.17. The highest BCUT2D eigenvalue weighted by atomic mass is 35.5. The Labute approximate surface area is 118 Å². The Morgan fingerprint density at radius 2 is 2.06 bits per heavy atom. The lowest BCUT2D eigenvalue weighted by molar-refractivity contribution is 0.586. The van der Waals surface area contributed by atoms with E-state index in [0.29, 0.717) is 5.02 Å². The Bertz CT molecular complexity index is 520. The monoisotopic (exact) mass is 284 g/mol. The number of nitrogens with zero attached hydrogens (tertiary/aromatic N) is 1. The molecule has 0 unspecified atom stereocenters. The van der Waals surface area contributed by atoms with Gasteiger partial charge in [-0.25, -0.2) is 0 Å². The number of aryl methyl sites for hydroxylation is 1. The first-order chi connectivity index (χ1) is 8.72. The highest BCUT2D eigenvalue weighted by Gasteiger charge is 2.06. The van der Waals surface area contributed by atoms with Crippen molar-refractivity contribution in [1.82, 2.24) is 9.88 Å². The second kappa shape index (κ2) is 6.46. The molecular weight excluding hydrogens is 267 g/mol. The minimum Gasteiger partial charge on any atom is -0.347 e. The molecule has 0 amide bonds. The molecule has 1 heterocycles. The number of aromatic nitrogens is 1.